The molecule has 0 fully saturated rings. The van der Waals surface area contributed by atoms with Crippen molar-refractivity contribution in [3.63, 3.8) is 0 Å². The van der Waals surface area contributed by atoms with Crippen LogP contribution in [0.2, 0.25) is 0 Å². The summed E-state index contributed by atoms with van der Waals surface area (Å²) in [4.78, 5) is 14.5. The van der Waals surface area contributed by atoms with Gasteiger partial charge in [-0.25, -0.2) is 4.98 Å². The Morgan fingerprint density at radius 3 is 2.88 bits per heavy atom. The molecule has 0 aromatic carbocycles. The lowest BCUT2D eigenvalue weighted by Crippen LogP contribution is -1.99. The minimum atomic E-state index is -0.458. The van der Waals surface area contributed by atoms with Crippen LogP contribution in [0.15, 0.2) is 29.0 Å². The lowest BCUT2D eigenvalue weighted by Gasteiger charge is -2.02. The second-order valence-corrected chi connectivity index (χ2v) is 4.03. The van der Waals surface area contributed by atoms with Gasteiger partial charge in [0.1, 0.15) is 0 Å². The fourth-order valence-corrected chi connectivity index (χ4v) is 1.69. The maximum Gasteiger partial charge on any atom is 0.298 e. The van der Waals surface area contributed by atoms with Crippen LogP contribution in [0.3, 0.4) is 0 Å². The first-order valence-electron chi connectivity index (χ1n) is 4.38. The SMILES string of the molecule is Cn1nccc1-c1ncc(Br)cc1[N+](=O)[O-]. The smallest absolute Gasteiger partial charge is 0.266 e. The minimum Gasteiger partial charge on any atom is -0.266 e. The number of aromatic nitrogens is 3. The van der Waals surface area contributed by atoms with Crippen molar-refractivity contribution in [1.82, 2.24) is 14.8 Å². The van der Waals surface area contributed by atoms with Gasteiger partial charge < -0.3 is 0 Å². The van der Waals surface area contributed by atoms with E-state index in [9.17, 15) is 10.1 Å². The van der Waals surface area contributed by atoms with Gasteiger partial charge in [0.05, 0.1) is 10.6 Å². The minimum absolute atomic E-state index is 0.0435. The topological polar surface area (TPSA) is 73.8 Å². The molecule has 0 saturated carbocycles. The highest BCUT2D eigenvalue weighted by molar-refractivity contribution is 9.10. The van der Waals surface area contributed by atoms with Gasteiger partial charge in [-0.1, -0.05) is 0 Å². The van der Waals surface area contributed by atoms with Crippen LogP contribution in [0.25, 0.3) is 11.4 Å². The number of nitrogens with zero attached hydrogens (tertiary/aromatic N) is 4. The van der Waals surface area contributed by atoms with E-state index >= 15 is 0 Å². The highest BCUT2D eigenvalue weighted by Gasteiger charge is 2.19. The van der Waals surface area contributed by atoms with E-state index < -0.39 is 4.92 Å². The second kappa shape index (κ2) is 4.01. The van der Waals surface area contributed by atoms with Crippen molar-refractivity contribution >= 4 is 21.6 Å². The fourth-order valence-electron chi connectivity index (χ4n) is 1.37. The third kappa shape index (κ3) is 1.81. The van der Waals surface area contributed by atoms with Gasteiger partial charge in [-0.3, -0.25) is 14.8 Å². The van der Waals surface area contributed by atoms with Crippen molar-refractivity contribution in [1.29, 1.82) is 0 Å². The molecule has 0 saturated heterocycles. The van der Waals surface area contributed by atoms with Gasteiger partial charge in [0.15, 0.2) is 5.69 Å². The van der Waals surface area contributed by atoms with Gasteiger partial charge in [-0.15, -0.1) is 0 Å². The molecule has 0 atom stereocenters. The predicted molar refractivity (Wildman–Crippen MR) is 60.8 cm³/mol. The molecule has 82 valence electrons. The number of pyridine rings is 1. The first kappa shape index (κ1) is 10.7. The van der Waals surface area contributed by atoms with Crippen molar-refractivity contribution in [2.45, 2.75) is 0 Å². The summed E-state index contributed by atoms with van der Waals surface area (Å²) < 4.78 is 2.12. The summed E-state index contributed by atoms with van der Waals surface area (Å²) in [6, 6.07) is 3.11. The maximum atomic E-state index is 10.9. The molecule has 7 heteroatoms. The Hall–Kier alpha value is -1.76. The molecule has 0 radical (unpaired) electrons. The fraction of sp³-hybridized carbons (Fsp3) is 0.111. The first-order chi connectivity index (χ1) is 7.59. The molecule has 0 amide bonds. The number of hydrogen-bond donors (Lipinski definition) is 0. The van der Waals surface area contributed by atoms with Crippen LogP contribution in [0.4, 0.5) is 5.69 Å². The molecule has 16 heavy (non-hydrogen) atoms. The van der Waals surface area contributed by atoms with Crippen molar-refractivity contribution in [3.05, 3.63) is 39.1 Å². The van der Waals surface area contributed by atoms with Crippen LogP contribution in [0.1, 0.15) is 0 Å². The standard InChI is InChI=1S/C9H7BrN4O2/c1-13-7(2-3-12-13)9-8(14(15)16)4-6(10)5-11-9/h2-5H,1H3. The zero-order valence-corrected chi connectivity index (χ0v) is 9.88. The quantitative estimate of drug-likeness (QED) is 0.625. The molecular formula is C9H7BrN4O2. The van der Waals surface area contributed by atoms with Gasteiger partial charge >= 0.3 is 0 Å². The van der Waals surface area contributed by atoms with Crippen LogP contribution in [-0.2, 0) is 7.05 Å². The van der Waals surface area contributed by atoms with E-state index in [2.05, 4.69) is 26.0 Å². The van der Waals surface area contributed by atoms with E-state index in [4.69, 9.17) is 0 Å². The van der Waals surface area contributed by atoms with Crippen molar-refractivity contribution in [3.8, 4) is 11.4 Å². The molecule has 0 spiro atoms. The Morgan fingerprint density at radius 2 is 2.31 bits per heavy atom. The summed E-state index contributed by atoms with van der Waals surface area (Å²) in [7, 11) is 1.71. The Morgan fingerprint density at radius 1 is 1.56 bits per heavy atom. The molecule has 0 aliphatic heterocycles. The van der Waals surface area contributed by atoms with E-state index in [1.54, 1.807) is 24.0 Å². The molecule has 6 nitrogen and oxygen atoms in total. The molecule has 2 aromatic rings. The molecule has 0 unspecified atom stereocenters. The van der Waals surface area contributed by atoms with Crippen LogP contribution in [0.5, 0.6) is 0 Å². The molecule has 0 aliphatic carbocycles. The summed E-state index contributed by atoms with van der Waals surface area (Å²) in [5.41, 5.74) is 0.880. The van der Waals surface area contributed by atoms with Crippen molar-refractivity contribution < 1.29 is 4.92 Å². The van der Waals surface area contributed by atoms with E-state index in [-0.39, 0.29) is 5.69 Å². The Labute approximate surface area is 99.2 Å². The summed E-state index contributed by atoms with van der Waals surface area (Å²) >= 11 is 3.16. The van der Waals surface area contributed by atoms with Crippen LogP contribution < -0.4 is 0 Å². The number of aryl methyl sites for hydroxylation is 1. The lowest BCUT2D eigenvalue weighted by atomic mass is 10.2. The molecule has 0 N–H and O–H groups in total. The van der Waals surface area contributed by atoms with E-state index in [1.807, 2.05) is 0 Å². The number of nitro groups is 1. The summed E-state index contributed by atoms with van der Waals surface area (Å²) in [6.45, 7) is 0. The average Bonchev–Trinajstić information content (AvgIpc) is 2.64. The zero-order chi connectivity index (χ0) is 11.7. The number of rotatable bonds is 2. The third-order valence-corrected chi connectivity index (χ3v) is 2.53. The lowest BCUT2D eigenvalue weighted by molar-refractivity contribution is -0.384. The van der Waals surface area contributed by atoms with Gasteiger partial charge in [-0.2, -0.15) is 5.10 Å². The summed E-state index contributed by atoms with van der Waals surface area (Å²) in [6.07, 6.45) is 3.10. The zero-order valence-electron chi connectivity index (χ0n) is 8.29. The van der Waals surface area contributed by atoms with Crippen LogP contribution >= 0.6 is 15.9 Å². The first-order valence-corrected chi connectivity index (χ1v) is 5.17. The van der Waals surface area contributed by atoms with Crippen LogP contribution in [-0.4, -0.2) is 19.7 Å². The van der Waals surface area contributed by atoms with E-state index in [1.165, 1.54) is 12.3 Å². The second-order valence-electron chi connectivity index (χ2n) is 3.12. The molecule has 0 bridgehead atoms. The Bertz CT molecular complexity index is 552. The number of hydrogen-bond acceptors (Lipinski definition) is 4. The highest BCUT2D eigenvalue weighted by Crippen LogP contribution is 2.29. The molecular weight excluding hydrogens is 276 g/mol. The molecule has 2 aromatic heterocycles. The average molecular weight is 283 g/mol. The van der Waals surface area contributed by atoms with Crippen molar-refractivity contribution in [2.24, 2.45) is 7.05 Å². The normalized spacial score (nSPS) is 10.4. The van der Waals surface area contributed by atoms with E-state index in [0.29, 0.717) is 15.9 Å². The van der Waals surface area contributed by atoms with Crippen LogP contribution in [0, 0.1) is 10.1 Å². The monoisotopic (exact) mass is 282 g/mol. The Balaban J connectivity index is 2.65. The molecule has 2 heterocycles. The predicted octanol–water partition coefficient (Wildman–Crippen LogP) is 2.15. The largest absolute Gasteiger partial charge is 0.298 e. The Kier molecular flexibility index (Phi) is 2.69. The molecule has 0 aliphatic rings. The maximum absolute atomic E-state index is 10.9. The van der Waals surface area contributed by atoms with Gasteiger partial charge in [0.2, 0.25) is 0 Å². The van der Waals surface area contributed by atoms with Gasteiger partial charge in [0.25, 0.3) is 5.69 Å². The van der Waals surface area contributed by atoms with Crippen molar-refractivity contribution in [2.75, 3.05) is 0 Å². The molecule has 2 rings (SSSR count). The highest BCUT2D eigenvalue weighted by atomic mass is 79.9. The van der Waals surface area contributed by atoms with E-state index in [0.717, 1.165) is 0 Å². The summed E-state index contributed by atoms with van der Waals surface area (Å²) in [5.74, 6) is 0. The summed E-state index contributed by atoms with van der Waals surface area (Å²) in [5, 5.41) is 14.9. The van der Waals surface area contributed by atoms with Gasteiger partial charge in [-0.05, 0) is 22.0 Å². The van der Waals surface area contributed by atoms with Gasteiger partial charge in [0, 0.05) is 30.0 Å². The number of halogens is 1. The third-order valence-electron chi connectivity index (χ3n) is 2.09.